The minimum absolute atomic E-state index is 0.833. The molecular weight excluding hydrogens is 226 g/mol. The molecule has 0 aliphatic rings. The Balaban J connectivity index is 2.19. The van der Waals surface area contributed by atoms with E-state index in [2.05, 4.69) is 34.2 Å². The number of pyridine rings is 1. The van der Waals surface area contributed by atoms with Crippen LogP contribution in [-0.2, 0) is 6.42 Å². The summed E-state index contributed by atoms with van der Waals surface area (Å²) in [4.78, 5) is 7.76. The molecule has 0 amide bonds. The quantitative estimate of drug-likeness (QED) is 0.748. The summed E-state index contributed by atoms with van der Waals surface area (Å²) in [5, 5.41) is 5.11. The largest absolute Gasteiger partial charge is 0.361 e. The van der Waals surface area contributed by atoms with Crippen LogP contribution >= 0.6 is 0 Å². The second-order valence-electron chi connectivity index (χ2n) is 4.51. The zero-order chi connectivity index (χ0) is 12.7. The van der Waals surface area contributed by atoms with Gasteiger partial charge in [-0.1, -0.05) is 12.1 Å². The molecule has 3 rings (SSSR count). The fourth-order valence-corrected chi connectivity index (χ4v) is 2.29. The van der Waals surface area contributed by atoms with Crippen LogP contribution in [0.1, 0.15) is 24.1 Å². The van der Waals surface area contributed by atoms with E-state index in [0.29, 0.717) is 0 Å². The van der Waals surface area contributed by atoms with E-state index < -0.39 is 0 Å². The summed E-state index contributed by atoms with van der Waals surface area (Å²) in [6.45, 7) is 6.00. The lowest BCUT2D eigenvalue weighted by Gasteiger charge is -1.99. The summed E-state index contributed by atoms with van der Waals surface area (Å²) in [7, 11) is 0. The third-order valence-electron chi connectivity index (χ3n) is 3.23. The Labute approximate surface area is 105 Å². The van der Waals surface area contributed by atoms with Crippen LogP contribution in [0.3, 0.4) is 0 Å². The lowest BCUT2D eigenvalue weighted by Crippen LogP contribution is -1.84. The van der Waals surface area contributed by atoms with Gasteiger partial charge in [-0.15, -0.1) is 0 Å². The summed E-state index contributed by atoms with van der Waals surface area (Å²) in [5.41, 5.74) is 5.14. The minimum atomic E-state index is 0.833. The molecule has 3 aromatic heterocycles. The van der Waals surface area contributed by atoms with Crippen molar-refractivity contribution in [3.05, 3.63) is 35.5 Å². The molecule has 3 aromatic rings. The van der Waals surface area contributed by atoms with Crippen molar-refractivity contribution in [2.24, 2.45) is 0 Å². The average Bonchev–Trinajstić information content (AvgIpc) is 2.92. The van der Waals surface area contributed by atoms with Crippen LogP contribution < -0.4 is 0 Å². The first-order chi connectivity index (χ1) is 8.69. The molecule has 0 aliphatic carbocycles. The second-order valence-corrected chi connectivity index (χ2v) is 4.51. The molecule has 0 saturated carbocycles. The predicted molar refractivity (Wildman–Crippen MR) is 70.4 cm³/mol. The Bertz CT molecular complexity index is 689. The van der Waals surface area contributed by atoms with Crippen LogP contribution in [0.25, 0.3) is 22.2 Å². The zero-order valence-corrected chi connectivity index (χ0v) is 10.7. The topological polar surface area (TPSA) is 54.7 Å². The number of hydrogen-bond acceptors (Lipinski definition) is 3. The van der Waals surface area contributed by atoms with Gasteiger partial charge in [0.05, 0.1) is 5.69 Å². The van der Waals surface area contributed by atoms with Crippen LogP contribution in [0.2, 0.25) is 0 Å². The van der Waals surface area contributed by atoms with Crippen molar-refractivity contribution in [2.75, 3.05) is 0 Å². The Morgan fingerprint density at radius 3 is 2.78 bits per heavy atom. The van der Waals surface area contributed by atoms with E-state index in [0.717, 1.165) is 40.0 Å². The molecule has 3 heterocycles. The molecule has 0 bridgehead atoms. The molecule has 0 aromatic carbocycles. The van der Waals surface area contributed by atoms with Gasteiger partial charge >= 0.3 is 0 Å². The smallest absolute Gasteiger partial charge is 0.141 e. The third-order valence-corrected chi connectivity index (χ3v) is 3.23. The molecule has 4 nitrogen and oxygen atoms in total. The highest BCUT2D eigenvalue weighted by atomic mass is 16.5. The van der Waals surface area contributed by atoms with Gasteiger partial charge in [-0.05, 0) is 32.4 Å². The minimum Gasteiger partial charge on any atom is -0.361 e. The molecule has 0 unspecified atom stereocenters. The first-order valence-electron chi connectivity index (χ1n) is 6.10. The predicted octanol–water partition coefficient (Wildman–Crippen LogP) is 3.40. The summed E-state index contributed by atoms with van der Waals surface area (Å²) >= 11 is 0. The lowest BCUT2D eigenvalue weighted by atomic mass is 10.1. The highest BCUT2D eigenvalue weighted by Crippen LogP contribution is 2.28. The van der Waals surface area contributed by atoms with Crippen molar-refractivity contribution in [1.29, 1.82) is 0 Å². The molecule has 0 aliphatic heterocycles. The van der Waals surface area contributed by atoms with Crippen molar-refractivity contribution >= 4 is 11.0 Å². The highest BCUT2D eigenvalue weighted by Gasteiger charge is 2.12. The van der Waals surface area contributed by atoms with Crippen molar-refractivity contribution < 1.29 is 4.52 Å². The standard InChI is InChI=1S/C14H15N3O/c1-4-12-6-10-5-11(7-15-14(10)16-12)13-8(2)17-18-9(13)3/h5-7H,4H2,1-3H3,(H,15,16). The third kappa shape index (κ3) is 1.61. The van der Waals surface area contributed by atoms with Crippen molar-refractivity contribution in [3.63, 3.8) is 0 Å². The van der Waals surface area contributed by atoms with E-state index in [9.17, 15) is 0 Å². The van der Waals surface area contributed by atoms with E-state index in [1.807, 2.05) is 20.0 Å². The summed E-state index contributed by atoms with van der Waals surface area (Å²) in [6, 6.07) is 4.27. The maximum atomic E-state index is 5.20. The number of aromatic amines is 1. The molecule has 0 spiro atoms. The first-order valence-corrected chi connectivity index (χ1v) is 6.10. The molecule has 0 saturated heterocycles. The Morgan fingerprint density at radius 1 is 1.28 bits per heavy atom. The van der Waals surface area contributed by atoms with Crippen LogP contribution in [0.15, 0.2) is 22.9 Å². The fraction of sp³-hybridized carbons (Fsp3) is 0.286. The van der Waals surface area contributed by atoms with Gasteiger partial charge in [-0.3, -0.25) is 0 Å². The van der Waals surface area contributed by atoms with Gasteiger partial charge in [0.25, 0.3) is 0 Å². The number of nitrogens with zero attached hydrogens (tertiary/aromatic N) is 2. The van der Waals surface area contributed by atoms with Gasteiger partial charge in [0.1, 0.15) is 11.4 Å². The number of rotatable bonds is 2. The maximum Gasteiger partial charge on any atom is 0.141 e. The molecule has 1 N–H and O–H groups in total. The monoisotopic (exact) mass is 241 g/mol. The molecule has 0 radical (unpaired) electrons. The van der Waals surface area contributed by atoms with Gasteiger partial charge in [0, 0.05) is 28.4 Å². The number of aryl methyl sites for hydroxylation is 3. The number of hydrogen-bond donors (Lipinski definition) is 1. The molecule has 4 heteroatoms. The van der Waals surface area contributed by atoms with E-state index in [4.69, 9.17) is 4.52 Å². The molecule has 0 fully saturated rings. The Kier molecular flexibility index (Phi) is 2.44. The van der Waals surface area contributed by atoms with Crippen LogP contribution in [-0.4, -0.2) is 15.1 Å². The number of nitrogens with one attached hydrogen (secondary N) is 1. The van der Waals surface area contributed by atoms with Gasteiger partial charge in [-0.25, -0.2) is 4.98 Å². The number of aromatic nitrogens is 3. The van der Waals surface area contributed by atoms with E-state index in [-0.39, 0.29) is 0 Å². The lowest BCUT2D eigenvalue weighted by molar-refractivity contribution is 0.393. The molecule has 92 valence electrons. The Morgan fingerprint density at radius 2 is 2.11 bits per heavy atom. The summed E-state index contributed by atoms with van der Waals surface area (Å²) < 4.78 is 5.20. The van der Waals surface area contributed by atoms with Crippen LogP contribution in [0, 0.1) is 13.8 Å². The van der Waals surface area contributed by atoms with Crippen LogP contribution in [0.4, 0.5) is 0 Å². The van der Waals surface area contributed by atoms with Gasteiger partial charge in [0.2, 0.25) is 0 Å². The van der Waals surface area contributed by atoms with Gasteiger partial charge < -0.3 is 9.51 Å². The normalized spacial score (nSPS) is 11.3. The molecule has 0 atom stereocenters. The van der Waals surface area contributed by atoms with Crippen molar-refractivity contribution in [3.8, 4) is 11.1 Å². The molecular formula is C14H15N3O. The Hall–Kier alpha value is -2.10. The SMILES string of the molecule is CCc1cc2cc(-c3c(C)noc3C)cnc2[nH]1. The van der Waals surface area contributed by atoms with Gasteiger partial charge in [0.15, 0.2) is 0 Å². The average molecular weight is 241 g/mol. The van der Waals surface area contributed by atoms with Crippen molar-refractivity contribution in [1.82, 2.24) is 15.1 Å². The van der Waals surface area contributed by atoms with Crippen LogP contribution in [0.5, 0.6) is 0 Å². The summed E-state index contributed by atoms with van der Waals surface area (Å²) in [6.07, 6.45) is 2.85. The maximum absolute atomic E-state index is 5.20. The van der Waals surface area contributed by atoms with E-state index >= 15 is 0 Å². The van der Waals surface area contributed by atoms with E-state index in [1.165, 1.54) is 5.69 Å². The number of fused-ring (bicyclic) bond motifs is 1. The second kappa shape index (κ2) is 3.98. The molecule has 18 heavy (non-hydrogen) atoms. The van der Waals surface area contributed by atoms with Gasteiger partial charge in [-0.2, -0.15) is 0 Å². The summed E-state index contributed by atoms with van der Waals surface area (Å²) in [5.74, 6) is 0.833. The van der Waals surface area contributed by atoms with Crippen molar-refractivity contribution in [2.45, 2.75) is 27.2 Å². The zero-order valence-electron chi connectivity index (χ0n) is 10.7. The highest BCUT2D eigenvalue weighted by molar-refractivity contribution is 5.83. The number of H-pyrrole nitrogens is 1. The van der Waals surface area contributed by atoms with E-state index in [1.54, 1.807) is 0 Å². The fourth-order valence-electron chi connectivity index (χ4n) is 2.29. The first kappa shape index (κ1) is 11.0.